The minimum Gasteiger partial charge on any atom is -0.456 e. The summed E-state index contributed by atoms with van der Waals surface area (Å²) in [5, 5.41) is 4.54. The zero-order valence-corrected chi connectivity index (χ0v) is 33.1. The van der Waals surface area contributed by atoms with E-state index < -0.39 is 0 Å². The van der Waals surface area contributed by atoms with Crippen LogP contribution >= 0.6 is 11.3 Å². The van der Waals surface area contributed by atoms with Gasteiger partial charge in [-0.25, -0.2) is 4.98 Å². The number of aromatic nitrogens is 1. The van der Waals surface area contributed by atoms with Gasteiger partial charge in [0.15, 0.2) is 5.58 Å². The van der Waals surface area contributed by atoms with Gasteiger partial charge < -0.3 is 13.7 Å². The van der Waals surface area contributed by atoms with Crippen LogP contribution in [0, 0.1) is 0 Å². The van der Waals surface area contributed by atoms with E-state index in [1.54, 1.807) is 0 Å². The second kappa shape index (κ2) is 14.0. The Morgan fingerprint density at radius 2 is 1.00 bits per heavy atom. The Morgan fingerprint density at radius 3 is 1.78 bits per heavy atom. The zero-order valence-electron chi connectivity index (χ0n) is 32.2. The van der Waals surface area contributed by atoms with Gasteiger partial charge in [0.2, 0.25) is 5.89 Å². The molecule has 0 amide bonds. The van der Waals surface area contributed by atoms with Gasteiger partial charge in [-0.3, -0.25) is 0 Å². The van der Waals surface area contributed by atoms with E-state index in [0.717, 1.165) is 66.8 Å². The molecule has 0 saturated carbocycles. The third-order valence-corrected chi connectivity index (χ3v) is 12.7. The maximum Gasteiger partial charge on any atom is 0.227 e. The molecule has 0 aliphatic carbocycles. The van der Waals surface area contributed by atoms with Crippen LogP contribution in [0.1, 0.15) is 0 Å². The van der Waals surface area contributed by atoms with Crippen LogP contribution in [0.4, 0.5) is 17.1 Å². The van der Waals surface area contributed by atoms with E-state index >= 15 is 0 Å². The van der Waals surface area contributed by atoms with E-state index in [-0.39, 0.29) is 0 Å². The molecule has 60 heavy (non-hydrogen) atoms. The molecule has 0 bridgehead atoms. The molecule has 0 fully saturated rings. The Kier molecular flexibility index (Phi) is 8.00. The average molecular weight is 787 g/mol. The molecule has 4 nitrogen and oxygen atoms in total. The minimum absolute atomic E-state index is 0.598. The fourth-order valence-corrected chi connectivity index (χ4v) is 9.77. The highest BCUT2D eigenvalue weighted by molar-refractivity contribution is 7.25. The summed E-state index contributed by atoms with van der Waals surface area (Å²) in [7, 11) is 0. The van der Waals surface area contributed by atoms with Crippen molar-refractivity contribution in [3.05, 3.63) is 206 Å². The monoisotopic (exact) mass is 786 g/mol. The smallest absolute Gasteiger partial charge is 0.227 e. The molecule has 0 radical (unpaired) electrons. The number of hydrogen-bond donors (Lipinski definition) is 0. The average Bonchev–Trinajstić information content (AvgIpc) is 4.04. The van der Waals surface area contributed by atoms with Crippen LogP contribution in [0.15, 0.2) is 215 Å². The number of rotatable bonds is 7. The van der Waals surface area contributed by atoms with Crippen LogP contribution in [-0.2, 0) is 0 Å². The van der Waals surface area contributed by atoms with Gasteiger partial charge in [0.05, 0.1) is 5.39 Å². The largest absolute Gasteiger partial charge is 0.456 e. The summed E-state index contributed by atoms with van der Waals surface area (Å²) >= 11 is 1.85. The van der Waals surface area contributed by atoms with Gasteiger partial charge >= 0.3 is 0 Å². The highest BCUT2D eigenvalue weighted by Crippen LogP contribution is 2.44. The van der Waals surface area contributed by atoms with E-state index in [9.17, 15) is 0 Å². The standard InChI is InChI=1S/C55H34N2O2S/c1-3-11-35(12-4-1)36-21-26-41(27-22-36)57(43-16-9-15-40(33-43)44-18-10-20-51-52(44)45-17-7-8-19-50(45)60-51)42-28-23-37(24-29-42)39-25-31-48-46(34-39)53-49(58-48)32-30-47-54(53)59-55(56-47)38-13-5-2-6-14-38/h1-34H. The van der Waals surface area contributed by atoms with Crippen molar-refractivity contribution >= 4 is 81.6 Å². The zero-order chi connectivity index (χ0) is 39.6. The van der Waals surface area contributed by atoms with E-state index in [1.165, 1.54) is 42.4 Å². The summed E-state index contributed by atoms with van der Waals surface area (Å²) in [5.74, 6) is 0.598. The molecule has 3 heterocycles. The predicted molar refractivity (Wildman–Crippen MR) is 251 cm³/mol. The van der Waals surface area contributed by atoms with Crippen molar-refractivity contribution in [2.75, 3.05) is 4.90 Å². The number of oxazole rings is 1. The van der Waals surface area contributed by atoms with Gasteiger partial charge in [0, 0.05) is 48.2 Å². The van der Waals surface area contributed by atoms with Crippen molar-refractivity contribution in [1.29, 1.82) is 0 Å². The third kappa shape index (κ3) is 5.78. The van der Waals surface area contributed by atoms with Crippen molar-refractivity contribution in [2.24, 2.45) is 0 Å². The molecular formula is C55H34N2O2S. The summed E-state index contributed by atoms with van der Waals surface area (Å²) in [6, 6.07) is 73.0. The highest BCUT2D eigenvalue weighted by atomic mass is 32.1. The van der Waals surface area contributed by atoms with Gasteiger partial charge in [-0.15, -0.1) is 11.3 Å². The number of furan rings is 1. The number of nitrogens with zero attached hydrogens (tertiary/aromatic N) is 2. The first kappa shape index (κ1) is 34.3. The lowest BCUT2D eigenvalue weighted by atomic mass is 9.98. The van der Waals surface area contributed by atoms with E-state index in [1.807, 2.05) is 53.8 Å². The van der Waals surface area contributed by atoms with Gasteiger partial charge in [0.1, 0.15) is 16.7 Å². The van der Waals surface area contributed by atoms with E-state index in [2.05, 4.69) is 169 Å². The molecule has 0 saturated heterocycles. The Balaban J connectivity index is 0.956. The SMILES string of the molecule is c1ccc(-c2ccc(N(c3ccc(-c4ccc5oc6ccc7nc(-c8ccccc8)oc7c6c5c4)cc3)c3cccc(-c4cccc5sc6ccccc6c45)c3)cc2)cc1. The van der Waals surface area contributed by atoms with E-state index in [4.69, 9.17) is 13.8 Å². The third-order valence-electron chi connectivity index (χ3n) is 11.5. The van der Waals surface area contributed by atoms with Gasteiger partial charge in [0.25, 0.3) is 0 Å². The quantitative estimate of drug-likeness (QED) is 0.161. The Bertz CT molecular complexity index is 3530. The summed E-state index contributed by atoms with van der Waals surface area (Å²) < 4.78 is 15.4. The number of thiophene rings is 1. The van der Waals surface area contributed by atoms with Crippen LogP contribution in [0.25, 0.3) is 98.0 Å². The maximum absolute atomic E-state index is 6.43. The van der Waals surface area contributed by atoms with Crippen molar-refractivity contribution in [2.45, 2.75) is 0 Å². The fraction of sp³-hybridized carbons (Fsp3) is 0. The molecule has 0 aliphatic heterocycles. The van der Waals surface area contributed by atoms with Crippen molar-refractivity contribution in [1.82, 2.24) is 4.98 Å². The molecule has 0 N–H and O–H groups in total. The molecule has 282 valence electrons. The second-order valence-corrected chi connectivity index (χ2v) is 16.2. The molecule has 12 aromatic rings. The summed E-state index contributed by atoms with van der Waals surface area (Å²) in [6.45, 7) is 0. The number of anilines is 3. The first-order valence-corrected chi connectivity index (χ1v) is 20.9. The molecular weight excluding hydrogens is 753 g/mol. The predicted octanol–water partition coefficient (Wildman–Crippen LogP) is 16.2. The van der Waals surface area contributed by atoms with E-state index in [0.29, 0.717) is 5.89 Å². The molecule has 5 heteroatoms. The lowest BCUT2D eigenvalue weighted by Crippen LogP contribution is -2.10. The molecule has 3 aromatic heterocycles. The Hall–Kier alpha value is -7.73. The fourth-order valence-electron chi connectivity index (χ4n) is 8.64. The first-order chi connectivity index (χ1) is 29.7. The number of fused-ring (bicyclic) bond motifs is 8. The van der Waals surface area contributed by atoms with Crippen molar-refractivity contribution in [3.63, 3.8) is 0 Å². The molecule has 0 unspecified atom stereocenters. The first-order valence-electron chi connectivity index (χ1n) is 20.1. The summed E-state index contributed by atoms with van der Waals surface area (Å²) in [5.41, 5.74) is 14.3. The lowest BCUT2D eigenvalue weighted by molar-refractivity contribution is 0.622. The molecule has 0 aliphatic rings. The van der Waals surface area contributed by atoms with Crippen LogP contribution in [0.2, 0.25) is 0 Å². The molecule has 0 atom stereocenters. The highest BCUT2D eigenvalue weighted by Gasteiger charge is 2.19. The molecule has 9 aromatic carbocycles. The van der Waals surface area contributed by atoms with Gasteiger partial charge in [-0.1, -0.05) is 121 Å². The summed E-state index contributed by atoms with van der Waals surface area (Å²) in [4.78, 5) is 7.18. The van der Waals surface area contributed by atoms with Crippen LogP contribution in [0.3, 0.4) is 0 Å². The van der Waals surface area contributed by atoms with Gasteiger partial charge in [-0.05, 0) is 118 Å². The van der Waals surface area contributed by atoms with Gasteiger partial charge in [-0.2, -0.15) is 0 Å². The van der Waals surface area contributed by atoms with Crippen molar-refractivity contribution in [3.8, 4) is 44.8 Å². The van der Waals surface area contributed by atoms with Crippen LogP contribution in [-0.4, -0.2) is 4.98 Å². The summed E-state index contributed by atoms with van der Waals surface area (Å²) in [6.07, 6.45) is 0. The lowest BCUT2D eigenvalue weighted by Gasteiger charge is -2.26. The Labute approximate surface area is 349 Å². The van der Waals surface area contributed by atoms with Crippen LogP contribution < -0.4 is 4.90 Å². The Morgan fingerprint density at radius 1 is 0.383 bits per heavy atom. The number of benzene rings is 9. The van der Waals surface area contributed by atoms with Crippen molar-refractivity contribution < 1.29 is 8.83 Å². The molecule has 0 spiro atoms. The normalized spacial score (nSPS) is 11.7. The minimum atomic E-state index is 0.598. The topological polar surface area (TPSA) is 42.4 Å². The molecule has 12 rings (SSSR count). The maximum atomic E-state index is 6.43. The van der Waals surface area contributed by atoms with Crippen LogP contribution in [0.5, 0.6) is 0 Å². The second-order valence-electron chi connectivity index (χ2n) is 15.1. The number of hydrogen-bond acceptors (Lipinski definition) is 5.